The highest BCUT2D eigenvalue weighted by molar-refractivity contribution is 6.01. The first-order valence-electron chi connectivity index (χ1n) is 8.01. The van der Waals surface area contributed by atoms with E-state index in [1.165, 1.54) is 6.07 Å². The van der Waals surface area contributed by atoms with Crippen molar-refractivity contribution in [3.8, 4) is 0 Å². The van der Waals surface area contributed by atoms with Crippen molar-refractivity contribution in [1.82, 2.24) is 10.2 Å². The van der Waals surface area contributed by atoms with Crippen molar-refractivity contribution in [3.63, 3.8) is 0 Å². The summed E-state index contributed by atoms with van der Waals surface area (Å²) in [6, 6.07) is 0.939. The molecule has 2 aliphatic heterocycles. The molecule has 0 spiro atoms. The lowest BCUT2D eigenvalue weighted by atomic mass is 9.94. The first-order chi connectivity index (χ1) is 12.4. The third kappa shape index (κ3) is 3.35. The van der Waals surface area contributed by atoms with Gasteiger partial charge in [0.2, 0.25) is 0 Å². The summed E-state index contributed by atoms with van der Waals surface area (Å²) in [4.78, 5) is 24.8. The molecule has 1 amide bonds. The summed E-state index contributed by atoms with van der Waals surface area (Å²) in [5.41, 5.74) is -1.58. The third-order valence-electron chi connectivity index (χ3n) is 4.52. The van der Waals surface area contributed by atoms with Gasteiger partial charge in [-0.3, -0.25) is 10.1 Å². The minimum Gasteiger partial charge on any atom is -0.437 e. The number of nitrogens with one attached hydrogen (secondary N) is 1. The van der Waals surface area contributed by atoms with E-state index in [1.54, 1.807) is 6.92 Å². The van der Waals surface area contributed by atoms with E-state index in [2.05, 4.69) is 10.1 Å². The Labute approximate surface area is 149 Å². The van der Waals surface area contributed by atoms with Gasteiger partial charge in [0.05, 0.1) is 11.1 Å². The highest BCUT2D eigenvalue weighted by Crippen LogP contribution is 2.44. The van der Waals surface area contributed by atoms with Crippen LogP contribution in [0.25, 0.3) is 0 Å². The Morgan fingerprint density at radius 1 is 1.26 bits per heavy atom. The SMILES string of the molecule is CCc1cc2c(c(C(F)(F)F)c1)C(=O)N1CCNC(OC(=O)C(F)(F)F)[C@@H]21. The summed E-state index contributed by atoms with van der Waals surface area (Å²) < 4.78 is 82.4. The predicted molar refractivity (Wildman–Crippen MR) is 78.5 cm³/mol. The number of hydrogen-bond acceptors (Lipinski definition) is 4. The molecule has 1 unspecified atom stereocenters. The normalized spacial score (nSPS) is 22.5. The molecule has 2 heterocycles. The molecule has 1 fully saturated rings. The van der Waals surface area contributed by atoms with E-state index in [1.807, 2.05) is 0 Å². The number of esters is 1. The molecule has 27 heavy (non-hydrogen) atoms. The molecule has 0 aromatic heterocycles. The molecule has 148 valence electrons. The fraction of sp³-hybridized carbons (Fsp3) is 0.500. The molecule has 0 radical (unpaired) electrons. The van der Waals surface area contributed by atoms with Crippen LogP contribution in [0, 0.1) is 0 Å². The fourth-order valence-electron chi connectivity index (χ4n) is 3.36. The van der Waals surface area contributed by atoms with Gasteiger partial charge in [0.15, 0.2) is 6.23 Å². The van der Waals surface area contributed by atoms with Gasteiger partial charge in [0.25, 0.3) is 5.91 Å². The zero-order chi connectivity index (χ0) is 20.1. The van der Waals surface area contributed by atoms with E-state index in [4.69, 9.17) is 0 Å². The number of ether oxygens (including phenoxy) is 1. The lowest BCUT2D eigenvalue weighted by Gasteiger charge is -2.37. The maximum atomic E-state index is 13.5. The molecule has 2 atom stereocenters. The number of hydrogen-bond donors (Lipinski definition) is 1. The number of piperazine rings is 1. The van der Waals surface area contributed by atoms with Crippen molar-refractivity contribution in [2.24, 2.45) is 0 Å². The largest absolute Gasteiger partial charge is 0.490 e. The summed E-state index contributed by atoms with van der Waals surface area (Å²) in [6.07, 6.45) is -11.5. The van der Waals surface area contributed by atoms with Gasteiger partial charge in [-0.05, 0) is 23.6 Å². The molecule has 0 bridgehead atoms. The molecule has 3 rings (SSSR count). The molecule has 1 aromatic rings. The van der Waals surface area contributed by atoms with Crippen LogP contribution in [-0.4, -0.2) is 42.3 Å². The highest BCUT2D eigenvalue weighted by Gasteiger charge is 2.51. The lowest BCUT2D eigenvalue weighted by molar-refractivity contribution is -0.210. The standard InChI is InChI=1S/C16H14F6N2O3/c1-2-7-5-8-10(9(6-7)15(17,18)19)13(25)24-4-3-23-12(11(8)24)27-14(26)16(20,21)22/h5-6,11-12,23H,2-4H2,1H3/t11-,12?/m1/s1. The molecule has 11 heteroatoms. The van der Waals surface area contributed by atoms with Gasteiger partial charge in [0, 0.05) is 13.1 Å². The lowest BCUT2D eigenvalue weighted by Crippen LogP contribution is -2.54. The van der Waals surface area contributed by atoms with Gasteiger partial charge in [-0.15, -0.1) is 0 Å². The van der Waals surface area contributed by atoms with Crippen LogP contribution in [0.1, 0.15) is 40.0 Å². The molecule has 0 aliphatic carbocycles. The Bertz CT molecular complexity index is 790. The molecule has 1 N–H and O–H groups in total. The van der Waals surface area contributed by atoms with Gasteiger partial charge in [-0.25, -0.2) is 4.79 Å². The number of aryl methyl sites for hydroxylation is 1. The summed E-state index contributed by atoms with van der Waals surface area (Å²) in [7, 11) is 0. The average Bonchev–Trinajstić information content (AvgIpc) is 2.86. The van der Waals surface area contributed by atoms with E-state index < -0.39 is 47.6 Å². The summed E-state index contributed by atoms with van der Waals surface area (Å²) in [6.45, 7) is 1.54. The Balaban J connectivity index is 2.09. The Kier molecular flexibility index (Phi) is 4.61. The second kappa shape index (κ2) is 6.39. The van der Waals surface area contributed by atoms with Gasteiger partial charge in [-0.2, -0.15) is 26.3 Å². The second-order valence-electron chi connectivity index (χ2n) is 6.18. The van der Waals surface area contributed by atoms with Crippen LogP contribution in [0.4, 0.5) is 26.3 Å². The number of alkyl halides is 6. The zero-order valence-electron chi connectivity index (χ0n) is 13.9. The fourth-order valence-corrected chi connectivity index (χ4v) is 3.36. The van der Waals surface area contributed by atoms with E-state index in [0.717, 1.165) is 11.0 Å². The number of benzene rings is 1. The maximum Gasteiger partial charge on any atom is 0.490 e. The van der Waals surface area contributed by atoms with Gasteiger partial charge < -0.3 is 9.64 Å². The molecule has 1 saturated heterocycles. The number of rotatable bonds is 2. The average molecular weight is 396 g/mol. The Morgan fingerprint density at radius 3 is 2.48 bits per heavy atom. The van der Waals surface area contributed by atoms with E-state index in [-0.39, 0.29) is 30.6 Å². The second-order valence-corrected chi connectivity index (χ2v) is 6.18. The monoisotopic (exact) mass is 396 g/mol. The van der Waals surface area contributed by atoms with Crippen molar-refractivity contribution in [2.45, 2.75) is 38.0 Å². The van der Waals surface area contributed by atoms with Crippen LogP contribution < -0.4 is 5.32 Å². The molecule has 2 aliphatic rings. The number of nitrogens with zero attached hydrogens (tertiary/aromatic N) is 1. The molecular formula is C16H14F6N2O3. The predicted octanol–water partition coefficient (Wildman–Crippen LogP) is 2.80. The maximum absolute atomic E-state index is 13.5. The number of fused-ring (bicyclic) bond motifs is 3. The van der Waals surface area contributed by atoms with Gasteiger partial charge in [-0.1, -0.05) is 13.0 Å². The Morgan fingerprint density at radius 2 is 1.93 bits per heavy atom. The smallest absolute Gasteiger partial charge is 0.437 e. The number of amides is 1. The quantitative estimate of drug-likeness (QED) is 0.617. The van der Waals surface area contributed by atoms with Crippen molar-refractivity contribution < 1.29 is 40.7 Å². The van der Waals surface area contributed by atoms with Crippen molar-refractivity contribution in [3.05, 3.63) is 34.4 Å². The highest BCUT2D eigenvalue weighted by atomic mass is 19.4. The number of carbonyl (C=O) groups excluding carboxylic acids is 2. The van der Waals surface area contributed by atoms with Gasteiger partial charge in [0.1, 0.15) is 6.04 Å². The van der Waals surface area contributed by atoms with Crippen LogP contribution in [0.3, 0.4) is 0 Å². The van der Waals surface area contributed by atoms with Crippen LogP contribution in [0.2, 0.25) is 0 Å². The summed E-state index contributed by atoms with van der Waals surface area (Å²) in [5.74, 6) is -3.43. The van der Waals surface area contributed by atoms with E-state index in [0.29, 0.717) is 0 Å². The molecule has 5 nitrogen and oxygen atoms in total. The first-order valence-corrected chi connectivity index (χ1v) is 8.01. The van der Waals surface area contributed by atoms with Crippen LogP contribution in [0.5, 0.6) is 0 Å². The number of halogens is 6. The first kappa shape index (κ1) is 19.5. The number of carbonyl (C=O) groups is 2. The van der Waals surface area contributed by atoms with Crippen LogP contribution >= 0.6 is 0 Å². The molecular weight excluding hydrogens is 382 g/mol. The summed E-state index contributed by atoms with van der Waals surface area (Å²) in [5, 5.41) is 2.53. The molecule has 0 saturated carbocycles. The van der Waals surface area contributed by atoms with Crippen molar-refractivity contribution in [1.29, 1.82) is 0 Å². The minimum atomic E-state index is -5.27. The van der Waals surface area contributed by atoms with Crippen LogP contribution in [0.15, 0.2) is 12.1 Å². The van der Waals surface area contributed by atoms with Gasteiger partial charge >= 0.3 is 18.3 Å². The zero-order valence-corrected chi connectivity index (χ0v) is 13.9. The van der Waals surface area contributed by atoms with Crippen LogP contribution in [-0.2, 0) is 22.1 Å². The molecule has 1 aromatic carbocycles. The van der Waals surface area contributed by atoms with Crippen molar-refractivity contribution >= 4 is 11.9 Å². The minimum absolute atomic E-state index is 0.0308. The third-order valence-corrected chi connectivity index (χ3v) is 4.52. The Hall–Kier alpha value is -2.30. The topological polar surface area (TPSA) is 58.6 Å². The summed E-state index contributed by atoms with van der Waals surface area (Å²) >= 11 is 0. The van der Waals surface area contributed by atoms with Crippen molar-refractivity contribution in [2.75, 3.05) is 13.1 Å². The van der Waals surface area contributed by atoms with E-state index in [9.17, 15) is 35.9 Å². The van der Waals surface area contributed by atoms with E-state index >= 15 is 0 Å².